The molecule has 2 aliphatic rings. The molecule has 0 saturated heterocycles. The fraction of sp³-hybridized carbons (Fsp3) is 0.478. The molecule has 34 heavy (non-hydrogen) atoms. The van der Waals surface area contributed by atoms with Gasteiger partial charge >= 0.3 is 6.18 Å². The van der Waals surface area contributed by atoms with Gasteiger partial charge in [0.25, 0.3) is 0 Å². The van der Waals surface area contributed by atoms with Crippen molar-refractivity contribution in [1.29, 1.82) is 0 Å². The third-order valence-electron chi connectivity index (χ3n) is 6.13. The number of benzene rings is 1. The number of nitrogens with one attached hydrogen (secondary N) is 1. The van der Waals surface area contributed by atoms with Gasteiger partial charge in [-0.2, -0.15) is 13.2 Å². The third-order valence-corrected chi connectivity index (χ3v) is 7.08. The normalized spacial score (nSPS) is 19.3. The van der Waals surface area contributed by atoms with Crippen LogP contribution in [0.1, 0.15) is 50.3 Å². The van der Waals surface area contributed by atoms with Crippen LogP contribution < -0.4 is 10.2 Å². The van der Waals surface area contributed by atoms with Gasteiger partial charge in [0.2, 0.25) is 11.8 Å². The summed E-state index contributed by atoms with van der Waals surface area (Å²) in [6.07, 6.45) is 1.52. The van der Waals surface area contributed by atoms with Crippen molar-refractivity contribution in [2.75, 3.05) is 16.0 Å². The number of hydrogen-bond donors (Lipinski definition) is 1. The summed E-state index contributed by atoms with van der Waals surface area (Å²) in [4.78, 5) is 26.0. The molecular formula is C23H26F3N5O2S. The largest absolute Gasteiger partial charge is 0.409 e. The van der Waals surface area contributed by atoms with Crippen LogP contribution >= 0.6 is 11.8 Å². The zero-order valence-electron chi connectivity index (χ0n) is 18.6. The molecule has 1 N–H and O–H groups in total. The molecule has 0 spiro atoms. The van der Waals surface area contributed by atoms with Gasteiger partial charge in [0.05, 0.1) is 23.5 Å². The second-order valence-electron chi connectivity index (χ2n) is 8.45. The predicted molar refractivity (Wildman–Crippen MR) is 124 cm³/mol. The fourth-order valence-electron chi connectivity index (χ4n) is 4.56. The molecule has 0 radical (unpaired) electrons. The second kappa shape index (κ2) is 10.2. The molecule has 1 saturated carbocycles. The number of carbonyl (C=O) groups excluding carboxylic acids is 2. The van der Waals surface area contributed by atoms with Gasteiger partial charge in [-0.05, 0) is 25.0 Å². The van der Waals surface area contributed by atoms with Crippen LogP contribution in [0, 0.1) is 0 Å². The summed E-state index contributed by atoms with van der Waals surface area (Å²) in [7, 11) is 0. The third kappa shape index (κ3) is 5.13. The van der Waals surface area contributed by atoms with Gasteiger partial charge in [0, 0.05) is 12.5 Å². The summed E-state index contributed by atoms with van der Waals surface area (Å²) in [6.45, 7) is 4.24. The van der Waals surface area contributed by atoms with Gasteiger partial charge in [-0.1, -0.05) is 49.2 Å². The van der Waals surface area contributed by atoms with Crippen molar-refractivity contribution >= 4 is 35.0 Å². The molecule has 1 atom stereocenters. The SMILES string of the molecule is C=CCn1c(SCC(=O)N2c3ccccc3NC(=O)CC2C(F)(F)F)nnc1C1CCCCC1. The van der Waals surface area contributed by atoms with E-state index in [0.717, 1.165) is 43.3 Å². The Kier molecular flexibility index (Phi) is 7.30. The van der Waals surface area contributed by atoms with E-state index in [9.17, 15) is 22.8 Å². The molecule has 182 valence electrons. The smallest absolute Gasteiger partial charge is 0.324 e. The van der Waals surface area contributed by atoms with E-state index in [1.54, 1.807) is 12.1 Å². The maximum Gasteiger partial charge on any atom is 0.409 e. The Hall–Kier alpha value is -2.82. The predicted octanol–water partition coefficient (Wildman–Crippen LogP) is 4.91. The lowest BCUT2D eigenvalue weighted by molar-refractivity contribution is -0.157. The quantitative estimate of drug-likeness (QED) is 0.457. The number of nitrogens with zero attached hydrogens (tertiary/aromatic N) is 4. The van der Waals surface area contributed by atoms with Crippen LogP contribution in [0.3, 0.4) is 0 Å². The molecule has 1 aromatic carbocycles. The minimum atomic E-state index is -4.77. The Morgan fingerprint density at radius 2 is 1.94 bits per heavy atom. The molecular weight excluding hydrogens is 467 g/mol. The molecule has 1 fully saturated rings. The summed E-state index contributed by atoms with van der Waals surface area (Å²) in [5.41, 5.74) is 0.198. The summed E-state index contributed by atoms with van der Waals surface area (Å²) in [5, 5.41) is 11.5. The highest BCUT2D eigenvalue weighted by molar-refractivity contribution is 7.99. The highest BCUT2D eigenvalue weighted by atomic mass is 32.2. The van der Waals surface area contributed by atoms with E-state index in [2.05, 4.69) is 22.1 Å². The van der Waals surface area contributed by atoms with Crippen LogP contribution in [-0.4, -0.2) is 44.5 Å². The number of alkyl halides is 3. The number of halogens is 3. The minimum Gasteiger partial charge on any atom is -0.324 e. The molecule has 2 amide bonds. The highest BCUT2D eigenvalue weighted by Crippen LogP contribution is 2.38. The molecule has 1 aliphatic heterocycles. The van der Waals surface area contributed by atoms with Crippen molar-refractivity contribution in [2.45, 2.75) is 68.4 Å². The molecule has 1 unspecified atom stereocenters. The maximum absolute atomic E-state index is 13.9. The summed E-state index contributed by atoms with van der Waals surface area (Å²) in [5.74, 6) is -0.730. The Balaban J connectivity index is 1.59. The first-order chi connectivity index (χ1) is 16.3. The Bertz CT molecular complexity index is 1070. The second-order valence-corrected chi connectivity index (χ2v) is 9.40. The number of thioether (sulfide) groups is 1. The van der Waals surface area contributed by atoms with Crippen LogP contribution in [0.2, 0.25) is 0 Å². The Morgan fingerprint density at radius 3 is 2.65 bits per heavy atom. The fourth-order valence-corrected chi connectivity index (χ4v) is 5.38. The van der Waals surface area contributed by atoms with Gasteiger partial charge in [0.1, 0.15) is 11.9 Å². The Morgan fingerprint density at radius 1 is 1.21 bits per heavy atom. The molecule has 2 heterocycles. The first kappa shape index (κ1) is 24.3. The van der Waals surface area contributed by atoms with Gasteiger partial charge in [-0.25, -0.2) is 0 Å². The standard InChI is InChI=1S/C23H26F3N5O2S/c1-2-12-30-21(15-8-4-3-5-9-15)28-29-22(30)34-14-20(33)31-17-11-7-6-10-16(17)27-19(32)13-18(31)23(24,25)26/h2,6-7,10-11,15,18H,1,3-5,8-9,12-14H2,(H,27,32). The number of rotatable bonds is 6. The molecule has 4 rings (SSSR count). The van der Waals surface area contributed by atoms with E-state index >= 15 is 0 Å². The van der Waals surface area contributed by atoms with Gasteiger partial charge < -0.3 is 9.88 Å². The number of allylic oxidation sites excluding steroid dienone is 1. The highest BCUT2D eigenvalue weighted by Gasteiger charge is 2.49. The van der Waals surface area contributed by atoms with E-state index in [4.69, 9.17) is 0 Å². The van der Waals surface area contributed by atoms with Crippen molar-refractivity contribution < 1.29 is 22.8 Å². The average molecular weight is 494 g/mol. The zero-order chi connectivity index (χ0) is 24.3. The molecule has 1 aromatic heterocycles. The first-order valence-electron chi connectivity index (χ1n) is 11.2. The van der Waals surface area contributed by atoms with Crippen molar-refractivity contribution in [1.82, 2.24) is 14.8 Å². The van der Waals surface area contributed by atoms with Crippen molar-refractivity contribution in [3.63, 3.8) is 0 Å². The number of anilines is 2. The lowest BCUT2D eigenvalue weighted by atomic mass is 9.89. The minimum absolute atomic E-state index is 0.0247. The van der Waals surface area contributed by atoms with Crippen molar-refractivity contribution in [2.24, 2.45) is 0 Å². The molecule has 0 bridgehead atoms. The van der Waals surface area contributed by atoms with Crippen LogP contribution in [0.5, 0.6) is 0 Å². The Labute approximate surface area is 199 Å². The molecule has 1 aliphatic carbocycles. The summed E-state index contributed by atoms with van der Waals surface area (Å²) < 4.78 is 43.6. The number of carbonyl (C=O) groups is 2. The lowest BCUT2D eigenvalue weighted by Crippen LogP contribution is -2.50. The molecule has 7 nitrogen and oxygen atoms in total. The van der Waals surface area contributed by atoms with Crippen LogP contribution in [0.25, 0.3) is 0 Å². The van der Waals surface area contributed by atoms with E-state index in [-0.39, 0.29) is 23.0 Å². The van der Waals surface area contributed by atoms with E-state index in [0.29, 0.717) is 16.6 Å². The average Bonchev–Trinajstić information content (AvgIpc) is 3.13. The summed E-state index contributed by atoms with van der Waals surface area (Å²) >= 11 is 1.05. The topological polar surface area (TPSA) is 80.1 Å². The van der Waals surface area contributed by atoms with Crippen molar-refractivity contribution in [3.8, 4) is 0 Å². The van der Waals surface area contributed by atoms with Gasteiger partial charge in [0.15, 0.2) is 5.16 Å². The van der Waals surface area contributed by atoms with Crippen LogP contribution in [-0.2, 0) is 16.1 Å². The van der Waals surface area contributed by atoms with Gasteiger partial charge in [-0.3, -0.25) is 14.5 Å². The number of aromatic nitrogens is 3. The maximum atomic E-state index is 13.9. The number of amides is 2. The monoisotopic (exact) mass is 493 g/mol. The number of fused-ring (bicyclic) bond motifs is 1. The van der Waals surface area contributed by atoms with Crippen molar-refractivity contribution in [3.05, 3.63) is 42.7 Å². The van der Waals surface area contributed by atoms with Crippen LogP contribution in [0.4, 0.5) is 24.5 Å². The van der Waals surface area contributed by atoms with Crippen LogP contribution in [0.15, 0.2) is 42.1 Å². The van der Waals surface area contributed by atoms with Gasteiger partial charge in [-0.15, -0.1) is 16.8 Å². The summed E-state index contributed by atoms with van der Waals surface area (Å²) in [6, 6.07) is 3.76. The van der Waals surface area contributed by atoms with E-state index < -0.39 is 30.5 Å². The number of para-hydroxylation sites is 2. The zero-order valence-corrected chi connectivity index (χ0v) is 19.4. The van der Waals surface area contributed by atoms with E-state index in [1.807, 2.05) is 4.57 Å². The lowest BCUT2D eigenvalue weighted by Gasteiger charge is -2.31. The molecule has 11 heteroatoms. The first-order valence-corrected chi connectivity index (χ1v) is 12.2. The molecule has 2 aromatic rings. The van der Waals surface area contributed by atoms with E-state index in [1.165, 1.54) is 24.6 Å². The number of hydrogen-bond acceptors (Lipinski definition) is 5.